The number of carbonyl (C=O) groups is 3. The summed E-state index contributed by atoms with van der Waals surface area (Å²) in [5, 5.41) is 4.09. The first-order chi connectivity index (χ1) is 12.5. The minimum absolute atomic E-state index is 0.307. The fraction of sp³-hybridized carbons (Fsp3) is 0.118. The Hall–Kier alpha value is -2.10. The van der Waals surface area contributed by atoms with Crippen molar-refractivity contribution < 1.29 is 19.1 Å². The van der Waals surface area contributed by atoms with Crippen LogP contribution in [0.15, 0.2) is 45.1 Å². The van der Waals surface area contributed by atoms with Crippen molar-refractivity contribution in [2.45, 2.75) is 0 Å². The number of thioether (sulfide) groups is 1. The molecule has 0 bridgehead atoms. The van der Waals surface area contributed by atoms with E-state index < -0.39 is 17.1 Å². The summed E-state index contributed by atoms with van der Waals surface area (Å²) in [5.41, 5.74) is 0.557. The number of nitrogens with zero attached hydrogens (tertiary/aromatic N) is 1. The van der Waals surface area contributed by atoms with E-state index in [4.69, 9.17) is 4.74 Å². The Labute approximate surface area is 166 Å². The van der Waals surface area contributed by atoms with Gasteiger partial charge in [-0.25, -0.2) is 0 Å². The number of ether oxygens (including phenoxy) is 1. The highest BCUT2D eigenvalue weighted by molar-refractivity contribution is 9.10. The van der Waals surface area contributed by atoms with Crippen molar-refractivity contribution in [1.29, 1.82) is 0 Å². The molecule has 6 nitrogen and oxygen atoms in total. The molecule has 1 saturated heterocycles. The molecule has 26 heavy (non-hydrogen) atoms. The van der Waals surface area contributed by atoms with Crippen molar-refractivity contribution in [2.24, 2.45) is 0 Å². The maximum absolute atomic E-state index is 12.4. The monoisotopic (exact) mass is 452 g/mol. The lowest BCUT2D eigenvalue weighted by atomic mass is 10.3. The van der Waals surface area contributed by atoms with Crippen molar-refractivity contribution in [3.05, 3.63) is 50.0 Å². The van der Waals surface area contributed by atoms with Crippen LogP contribution in [0.2, 0.25) is 0 Å². The summed E-state index contributed by atoms with van der Waals surface area (Å²) in [6, 6.07) is 8.63. The molecule has 2 heterocycles. The summed E-state index contributed by atoms with van der Waals surface area (Å²) in [6.07, 6.45) is 1.65. The van der Waals surface area contributed by atoms with Crippen LogP contribution in [0.5, 0.6) is 5.75 Å². The summed E-state index contributed by atoms with van der Waals surface area (Å²) in [5.74, 6) is -0.244. The molecule has 1 aliphatic heterocycles. The fourth-order valence-electron chi connectivity index (χ4n) is 2.19. The van der Waals surface area contributed by atoms with E-state index in [1.807, 2.05) is 11.4 Å². The summed E-state index contributed by atoms with van der Waals surface area (Å²) < 4.78 is 5.96. The molecule has 3 amide bonds. The SMILES string of the molecule is COc1ccc(NC(=O)CN2C(=O)S/C(=C/c3cc(Br)cs3)C2=O)cc1. The van der Waals surface area contributed by atoms with Crippen LogP contribution in [0.1, 0.15) is 4.88 Å². The average Bonchev–Trinajstić information content (AvgIpc) is 3.14. The topological polar surface area (TPSA) is 75.7 Å². The second-order valence-electron chi connectivity index (χ2n) is 5.21. The van der Waals surface area contributed by atoms with Gasteiger partial charge in [0.1, 0.15) is 12.3 Å². The number of hydrogen-bond acceptors (Lipinski definition) is 6. The van der Waals surface area contributed by atoms with Gasteiger partial charge < -0.3 is 10.1 Å². The molecule has 3 rings (SSSR count). The lowest BCUT2D eigenvalue weighted by Crippen LogP contribution is -2.36. The first-order valence-corrected chi connectivity index (χ1v) is 9.88. The predicted octanol–water partition coefficient (Wildman–Crippen LogP) is 4.19. The smallest absolute Gasteiger partial charge is 0.294 e. The van der Waals surface area contributed by atoms with Crippen LogP contribution >= 0.6 is 39.0 Å². The van der Waals surface area contributed by atoms with Crippen LogP contribution in [-0.4, -0.2) is 35.6 Å². The summed E-state index contributed by atoms with van der Waals surface area (Å²) in [4.78, 5) is 38.8. The Morgan fingerprint density at radius 1 is 1.31 bits per heavy atom. The largest absolute Gasteiger partial charge is 0.497 e. The number of imide groups is 1. The highest BCUT2D eigenvalue weighted by Crippen LogP contribution is 2.33. The third kappa shape index (κ3) is 4.35. The van der Waals surface area contributed by atoms with Gasteiger partial charge in [0.2, 0.25) is 5.91 Å². The number of thiophene rings is 1. The second kappa shape index (κ2) is 8.07. The van der Waals surface area contributed by atoms with Crippen LogP contribution in [0, 0.1) is 0 Å². The molecule has 0 unspecified atom stereocenters. The molecule has 1 N–H and O–H groups in total. The van der Waals surface area contributed by atoms with E-state index in [0.29, 0.717) is 16.3 Å². The number of carbonyl (C=O) groups excluding carboxylic acids is 3. The zero-order chi connectivity index (χ0) is 18.7. The van der Waals surface area contributed by atoms with Gasteiger partial charge in [0.05, 0.1) is 12.0 Å². The minimum atomic E-state index is -0.464. The second-order valence-corrected chi connectivity index (χ2v) is 8.06. The Balaban J connectivity index is 1.65. The standard InChI is InChI=1S/C17H13BrN2O4S2/c1-24-12-4-2-11(3-5-12)19-15(21)8-20-16(22)14(26-17(20)23)7-13-6-10(18)9-25-13/h2-7,9H,8H2,1H3,(H,19,21)/b14-7+. The number of anilines is 1. The van der Waals surface area contributed by atoms with Crippen LogP contribution in [-0.2, 0) is 9.59 Å². The van der Waals surface area contributed by atoms with Crippen molar-refractivity contribution >= 4 is 67.8 Å². The molecule has 1 aromatic heterocycles. The first-order valence-electron chi connectivity index (χ1n) is 7.39. The normalized spacial score (nSPS) is 15.6. The maximum atomic E-state index is 12.4. The Morgan fingerprint density at radius 2 is 2.04 bits per heavy atom. The zero-order valence-electron chi connectivity index (χ0n) is 13.5. The quantitative estimate of drug-likeness (QED) is 0.688. The summed E-state index contributed by atoms with van der Waals surface area (Å²) in [7, 11) is 1.55. The van der Waals surface area contributed by atoms with Gasteiger partial charge in [-0.15, -0.1) is 11.3 Å². The van der Waals surface area contributed by atoms with Crippen molar-refractivity contribution in [1.82, 2.24) is 4.90 Å². The summed E-state index contributed by atoms with van der Waals surface area (Å²) in [6.45, 7) is -0.331. The molecule has 134 valence electrons. The third-order valence-electron chi connectivity index (χ3n) is 3.41. The molecular formula is C17H13BrN2O4S2. The van der Waals surface area contributed by atoms with Crippen LogP contribution < -0.4 is 10.1 Å². The number of amides is 3. The maximum Gasteiger partial charge on any atom is 0.294 e. The molecule has 1 aromatic carbocycles. The lowest BCUT2D eigenvalue weighted by molar-refractivity contribution is -0.127. The molecule has 1 aliphatic rings. The third-order valence-corrected chi connectivity index (χ3v) is 5.96. The molecular weight excluding hydrogens is 440 g/mol. The Kier molecular flexibility index (Phi) is 5.80. The van der Waals surface area contributed by atoms with Gasteiger partial charge in [-0.1, -0.05) is 0 Å². The number of methoxy groups -OCH3 is 1. The number of rotatable bonds is 5. The van der Waals surface area contributed by atoms with Crippen LogP contribution in [0.25, 0.3) is 6.08 Å². The van der Waals surface area contributed by atoms with E-state index in [2.05, 4.69) is 21.2 Å². The van der Waals surface area contributed by atoms with Crippen LogP contribution in [0.3, 0.4) is 0 Å². The van der Waals surface area contributed by atoms with Gasteiger partial charge in [-0.05, 0) is 64.1 Å². The van der Waals surface area contributed by atoms with Crippen molar-refractivity contribution in [3.63, 3.8) is 0 Å². The van der Waals surface area contributed by atoms with Gasteiger partial charge in [0.15, 0.2) is 0 Å². The van der Waals surface area contributed by atoms with E-state index in [9.17, 15) is 14.4 Å². The minimum Gasteiger partial charge on any atom is -0.497 e. The van der Waals surface area contributed by atoms with E-state index in [-0.39, 0.29) is 6.54 Å². The number of nitrogens with one attached hydrogen (secondary N) is 1. The highest BCUT2D eigenvalue weighted by Gasteiger charge is 2.36. The van der Waals surface area contributed by atoms with Gasteiger partial charge >= 0.3 is 0 Å². The van der Waals surface area contributed by atoms with Crippen LogP contribution in [0.4, 0.5) is 10.5 Å². The van der Waals surface area contributed by atoms with E-state index >= 15 is 0 Å². The van der Waals surface area contributed by atoms with Crippen molar-refractivity contribution in [3.8, 4) is 5.75 Å². The highest BCUT2D eigenvalue weighted by atomic mass is 79.9. The molecule has 0 aliphatic carbocycles. The van der Waals surface area contributed by atoms with E-state index in [0.717, 1.165) is 26.0 Å². The zero-order valence-corrected chi connectivity index (χ0v) is 16.7. The van der Waals surface area contributed by atoms with Crippen molar-refractivity contribution in [2.75, 3.05) is 19.0 Å². The molecule has 2 aromatic rings. The summed E-state index contributed by atoms with van der Waals surface area (Å²) >= 11 is 5.63. The van der Waals surface area contributed by atoms with E-state index in [1.54, 1.807) is 37.5 Å². The Bertz CT molecular complexity index is 892. The number of hydrogen-bond donors (Lipinski definition) is 1. The van der Waals surface area contributed by atoms with Gasteiger partial charge in [-0.2, -0.15) is 0 Å². The molecule has 0 spiro atoms. The molecule has 1 fully saturated rings. The molecule has 9 heteroatoms. The first kappa shape index (κ1) is 18.7. The van der Waals surface area contributed by atoms with Gasteiger partial charge in [0.25, 0.3) is 11.1 Å². The lowest BCUT2D eigenvalue weighted by Gasteiger charge is -2.12. The number of halogens is 1. The molecule has 0 saturated carbocycles. The fourth-order valence-corrected chi connectivity index (χ4v) is 4.47. The predicted molar refractivity (Wildman–Crippen MR) is 106 cm³/mol. The number of benzene rings is 1. The molecule has 0 atom stereocenters. The van der Waals surface area contributed by atoms with Gasteiger partial charge in [-0.3, -0.25) is 19.3 Å². The Morgan fingerprint density at radius 3 is 2.65 bits per heavy atom. The van der Waals surface area contributed by atoms with E-state index in [1.165, 1.54) is 11.3 Å². The molecule has 0 radical (unpaired) electrons. The average molecular weight is 453 g/mol. The van der Waals surface area contributed by atoms with Gasteiger partial charge in [0, 0.05) is 20.4 Å².